The molecule has 0 fully saturated rings. The Morgan fingerprint density at radius 1 is 0.667 bits per heavy atom. The maximum Gasteiger partial charge on any atom is 0.408 e. The first-order valence-corrected chi connectivity index (χ1v) is 19.9. The molecule has 0 saturated carbocycles. The fraction of sp³-hybridized carbons (Fsp3) is 0.467. The van der Waals surface area contributed by atoms with E-state index in [1.165, 1.54) is 36.7 Å². The van der Waals surface area contributed by atoms with Gasteiger partial charge >= 0.3 is 6.18 Å². The van der Waals surface area contributed by atoms with E-state index in [-0.39, 0.29) is 42.1 Å². The Kier molecular flexibility index (Phi) is 25.0. The lowest BCUT2D eigenvalue weighted by atomic mass is 10.0. The number of hydrogen-bond acceptors (Lipinski definition) is 5. The second kappa shape index (κ2) is 26.9. The molecule has 4 aromatic heterocycles. The van der Waals surface area contributed by atoms with E-state index in [0.29, 0.717) is 28.9 Å². The van der Waals surface area contributed by atoms with Gasteiger partial charge in [0, 0.05) is 23.7 Å². The molecule has 5 rings (SSSR count). The summed E-state index contributed by atoms with van der Waals surface area (Å²) in [5.74, 6) is -0.241. The second-order valence-corrected chi connectivity index (χ2v) is 15.6. The minimum Gasteiger partial charge on any atom is -0.478 e. The molecule has 6 nitrogen and oxygen atoms in total. The summed E-state index contributed by atoms with van der Waals surface area (Å²) in [4.78, 5) is 12.1. The molecule has 0 amide bonds. The van der Waals surface area contributed by atoms with Gasteiger partial charge in [0.25, 0.3) is 0 Å². The van der Waals surface area contributed by atoms with Gasteiger partial charge in [0.1, 0.15) is 17.5 Å². The van der Waals surface area contributed by atoms with Gasteiger partial charge < -0.3 is 4.74 Å². The van der Waals surface area contributed by atoms with Crippen molar-refractivity contribution in [3.63, 3.8) is 0 Å². The van der Waals surface area contributed by atoms with E-state index in [4.69, 9.17) is 27.9 Å². The first-order valence-electron chi connectivity index (χ1n) is 19.1. The molecular weight excluding hydrogens is 830 g/mol. The van der Waals surface area contributed by atoms with Crippen molar-refractivity contribution in [1.82, 2.24) is 24.7 Å². The molecule has 334 valence electrons. The average molecular weight is 891 g/mol. The Hall–Kier alpha value is -4.23. The van der Waals surface area contributed by atoms with Crippen molar-refractivity contribution in [2.45, 2.75) is 133 Å². The van der Waals surface area contributed by atoms with E-state index >= 15 is 0 Å². The predicted molar refractivity (Wildman–Crippen MR) is 230 cm³/mol. The number of rotatable bonds is 8. The number of ether oxygens (including phenoxy) is 1. The third-order valence-corrected chi connectivity index (χ3v) is 8.47. The van der Waals surface area contributed by atoms with E-state index in [1.54, 1.807) is 19.1 Å². The SMILES string of the molecule is C.CC(C)c1ccc(F)c(Cl)n1.CC(C)c1cnn(CC(F)(F)F)c1.CC(C)c1nc(Cl)ccc1F.CCOc1cccc(C(C)C)n1.Cc1cc(C(C)C)cc(F)c1F. The molecule has 0 aliphatic carbocycles. The van der Waals surface area contributed by atoms with Gasteiger partial charge in [-0.3, -0.25) is 4.68 Å². The van der Waals surface area contributed by atoms with Crippen molar-refractivity contribution >= 4 is 23.2 Å². The van der Waals surface area contributed by atoms with Gasteiger partial charge in [-0.15, -0.1) is 0 Å². The van der Waals surface area contributed by atoms with Gasteiger partial charge in [-0.2, -0.15) is 18.3 Å². The molecule has 0 aliphatic heterocycles. The van der Waals surface area contributed by atoms with Crippen LogP contribution >= 0.6 is 23.2 Å². The number of aryl methyl sites for hydroxylation is 1. The van der Waals surface area contributed by atoms with Gasteiger partial charge in [0.15, 0.2) is 22.6 Å². The summed E-state index contributed by atoms with van der Waals surface area (Å²) in [7, 11) is 0. The molecule has 0 N–H and O–H groups in total. The Labute approximate surface area is 361 Å². The van der Waals surface area contributed by atoms with E-state index < -0.39 is 30.2 Å². The molecule has 15 heteroatoms. The quantitative estimate of drug-likeness (QED) is 0.115. The van der Waals surface area contributed by atoms with E-state index in [9.17, 15) is 30.7 Å². The topological polar surface area (TPSA) is 65.7 Å². The highest BCUT2D eigenvalue weighted by Gasteiger charge is 2.28. The predicted octanol–water partition coefficient (Wildman–Crippen LogP) is 15.2. The molecule has 1 aromatic carbocycles. The van der Waals surface area contributed by atoms with Crippen LogP contribution in [0.5, 0.6) is 5.88 Å². The van der Waals surface area contributed by atoms with Gasteiger partial charge in [-0.1, -0.05) is 112 Å². The van der Waals surface area contributed by atoms with Gasteiger partial charge in [-0.05, 0) is 96.5 Å². The molecule has 5 aromatic rings. The molecule has 0 bridgehead atoms. The molecule has 0 saturated heterocycles. The second-order valence-electron chi connectivity index (χ2n) is 14.8. The van der Waals surface area contributed by atoms with Crippen LogP contribution in [-0.4, -0.2) is 37.5 Å². The minimum atomic E-state index is -4.19. The zero-order valence-corrected chi connectivity index (χ0v) is 37.2. The van der Waals surface area contributed by atoms with Crippen LogP contribution < -0.4 is 4.74 Å². The van der Waals surface area contributed by atoms with E-state index in [1.807, 2.05) is 80.5 Å². The lowest BCUT2D eigenvalue weighted by molar-refractivity contribution is -0.142. The van der Waals surface area contributed by atoms with Crippen molar-refractivity contribution < 1.29 is 35.5 Å². The summed E-state index contributed by atoms with van der Waals surface area (Å²) in [5, 5.41) is 3.92. The molecule has 0 spiro atoms. The van der Waals surface area contributed by atoms with Crippen molar-refractivity contribution in [3.8, 4) is 5.88 Å². The maximum atomic E-state index is 12.9. The third kappa shape index (κ3) is 20.8. The summed E-state index contributed by atoms with van der Waals surface area (Å²) in [6.45, 7) is 22.9. The molecule has 0 aliphatic rings. The summed E-state index contributed by atoms with van der Waals surface area (Å²) in [6.07, 6.45) is -1.30. The number of alkyl halides is 3. The van der Waals surface area contributed by atoms with Crippen LogP contribution in [0.1, 0.15) is 147 Å². The van der Waals surface area contributed by atoms with Crippen LogP contribution in [-0.2, 0) is 6.54 Å². The normalized spacial score (nSPS) is 10.8. The van der Waals surface area contributed by atoms with Crippen LogP contribution in [0.3, 0.4) is 0 Å². The summed E-state index contributed by atoms with van der Waals surface area (Å²) in [5.41, 5.74) is 4.37. The number of hydrogen-bond donors (Lipinski definition) is 0. The molecule has 0 atom stereocenters. The van der Waals surface area contributed by atoms with Crippen molar-refractivity contribution in [1.29, 1.82) is 0 Å². The third-order valence-electron chi connectivity index (χ3n) is 7.99. The number of nitrogens with zero attached hydrogens (tertiary/aromatic N) is 5. The van der Waals surface area contributed by atoms with Crippen LogP contribution in [0.25, 0.3) is 0 Å². The van der Waals surface area contributed by atoms with Crippen LogP contribution in [0.15, 0.2) is 67.0 Å². The fourth-order valence-corrected chi connectivity index (χ4v) is 4.92. The molecular formula is C45H60Cl2F7N5O. The Morgan fingerprint density at radius 3 is 1.68 bits per heavy atom. The van der Waals surface area contributed by atoms with Gasteiger partial charge in [0.2, 0.25) is 5.88 Å². The van der Waals surface area contributed by atoms with Crippen molar-refractivity contribution in [2.75, 3.05) is 6.61 Å². The monoisotopic (exact) mass is 889 g/mol. The lowest BCUT2D eigenvalue weighted by Crippen LogP contribution is -2.17. The first-order chi connectivity index (χ1) is 27.4. The maximum absolute atomic E-state index is 12.9. The highest BCUT2D eigenvalue weighted by Crippen LogP contribution is 2.22. The minimum absolute atomic E-state index is 0. The largest absolute Gasteiger partial charge is 0.478 e. The zero-order valence-electron chi connectivity index (χ0n) is 35.7. The Bertz CT molecular complexity index is 1980. The average Bonchev–Trinajstić information content (AvgIpc) is 3.61. The molecule has 0 radical (unpaired) electrons. The lowest BCUT2D eigenvalue weighted by Gasteiger charge is -2.07. The van der Waals surface area contributed by atoms with E-state index in [2.05, 4.69) is 33.9 Å². The van der Waals surface area contributed by atoms with Crippen molar-refractivity contribution in [2.24, 2.45) is 0 Å². The molecule has 0 unspecified atom stereocenters. The standard InChI is InChI=1S/C10H12F2.C10H15NO.2C8H9ClFN.C8H11F3N2.CH4/c1-6(2)8-4-7(3)10(12)9(11)5-8;1-4-12-10-7-5-6-9(11-10)8(2)3;1-5(2)8-6(10)3-4-7(9)11-8;1-5(2)7-4-3-6(10)8(9)11-7;1-6(2)7-3-12-13(4-7)5-8(9,10)11;/h4-6H,1-3H3;5-8H,4H2,1-3H3;2*3-5H,1-2H3;3-4,6H,5H2,1-2H3;1H4. The van der Waals surface area contributed by atoms with Crippen LogP contribution in [0, 0.1) is 30.2 Å². The van der Waals surface area contributed by atoms with Crippen molar-refractivity contribution in [3.05, 3.63) is 134 Å². The molecule has 60 heavy (non-hydrogen) atoms. The van der Waals surface area contributed by atoms with Crippen LogP contribution in [0.4, 0.5) is 30.7 Å². The van der Waals surface area contributed by atoms with Gasteiger partial charge in [-0.25, -0.2) is 32.5 Å². The number of halogens is 9. The summed E-state index contributed by atoms with van der Waals surface area (Å²) < 4.78 is 93.0. The molecule has 4 heterocycles. The first kappa shape index (κ1) is 55.8. The summed E-state index contributed by atoms with van der Waals surface area (Å²) >= 11 is 11.1. The smallest absolute Gasteiger partial charge is 0.408 e. The zero-order chi connectivity index (χ0) is 45.2. The summed E-state index contributed by atoms with van der Waals surface area (Å²) in [6, 6.07) is 14.6. The highest BCUT2D eigenvalue weighted by atomic mass is 35.5. The highest BCUT2D eigenvalue weighted by molar-refractivity contribution is 6.29. The fourth-order valence-electron chi connectivity index (χ4n) is 4.61. The van der Waals surface area contributed by atoms with Gasteiger partial charge in [0.05, 0.1) is 18.5 Å². The van der Waals surface area contributed by atoms with Crippen LogP contribution in [0.2, 0.25) is 10.3 Å². The Balaban J connectivity index is 0.000000723. The number of pyridine rings is 3. The number of aromatic nitrogens is 5. The Morgan fingerprint density at radius 2 is 1.23 bits per heavy atom. The number of benzene rings is 1. The van der Waals surface area contributed by atoms with E-state index in [0.717, 1.165) is 33.1 Å².